The summed E-state index contributed by atoms with van der Waals surface area (Å²) in [6, 6.07) is 7.46. The predicted octanol–water partition coefficient (Wildman–Crippen LogP) is 3.70. The largest absolute Gasteiger partial charge is 0.369 e. The standard InChI is InChI=1S/C18H27N3O2S/c1-2-6-14-7-5-11-21(12-10-14)18(23)20-15-8-3-4-9-16(15)24-13-17(19)22/h3-4,8-9,14H,2,5-7,10-13H2,1H3,(H2,19,22)(H,20,23)/t14-/m0/s1. The predicted molar refractivity (Wildman–Crippen MR) is 99.2 cm³/mol. The first-order valence-corrected chi connectivity index (χ1v) is 9.64. The van der Waals surface area contributed by atoms with Gasteiger partial charge in [-0.1, -0.05) is 31.9 Å². The van der Waals surface area contributed by atoms with E-state index in [9.17, 15) is 9.59 Å². The lowest BCUT2D eigenvalue weighted by Crippen LogP contribution is -2.35. The van der Waals surface area contributed by atoms with Gasteiger partial charge in [-0.25, -0.2) is 4.79 Å². The highest BCUT2D eigenvalue weighted by Crippen LogP contribution is 2.27. The van der Waals surface area contributed by atoms with E-state index in [1.807, 2.05) is 29.2 Å². The van der Waals surface area contributed by atoms with E-state index >= 15 is 0 Å². The van der Waals surface area contributed by atoms with Crippen LogP contribution in [0.4, 0.5) is 10.5 Å². The molecule has 0 bridgehead atoms. The highest BCUT2D eigenvalue weighted by Gasteiger charge is 2.20. The second kappa shape index (κ2) is 9.57. The molecule has 1 aliphatic rings. The number of para-hydroxylation sites is 1. The maximum Gasteiger partial charge on any atom is 0.321 e. The third-order valence-electron chi connectivity index (χ3n) is 4.33. The van der Waals surface area contributed by atoms with Crippen molar-refractivity contribution < 1.29 is 9.59 Å². The molecule has 1 fully saturated rings. The van der Waals surface area contributed by atoms with Gasteiger partial charge in [0, 0.05) is 18.0 Å². The maximum atomic E-state index is 12.6. The van der Waals surface area contributed by atoms with Crippen LogP contribution in [-0.4, -0.2) is 35.7 Å². The number of hydrogen-bond acceptors (Lipinski definition) is 3. The number of nitrogens with two attached hydrogens (primary N) is 1. The molecule has 0 unspecified atom stereocenters. The van der Waals surface area contributed by atoms with Crippen molar-refractivity contribution in [3.8, 4) is 0 Å². The molecule has 2 rings (SSSR count). The molecule has 1 heterocycles. The Morgan fingerprint density at radius 3 is 2.83 bits per heavy atom. The van der Waals surface area contributed by atoms with E-state index in [4.69, 9.17) is 5.73 Å². The molecule has 1 aromatic rings. The molecule has 0 spiro atoms. The Morgan fingerprint density at radius 2 is 2.08 bits per heavy atom. The highest BCUT2D eigenvalue weighted by atomic mass is 32.2. The number of anilines is 1. The maximum absolute atomic E-state index is 12.6. The van der Waals surface area contributed by atoms with Gasteiger partial charge in [-0.15, -0.1) is 11.8 Å². The first-order valence-electron chi connectivity index (χ1n) is 8.66. The molecule has 0 aromatic heterocycles. The molecule has 0 saturated carbocycles. The fraction of sp³-hybridized carbons (Fsp3) is 0.556. The Hall–Kier alpha value is -1.69. The summed E-state index contributed by atoms with van der Waals surface area (Å²) >= 11 is 1.35. The van der Waals surface area contributed by atoms with Gasteiger partial charge in [0.1, 0.15) is 0 Å². The Bertz CT molecular complexity index is 565. The van der Waals surface area contributed by atoms with E-state index in [-0.39, 0.29) is 17.7 Å². The summed E-state index contributed by atoms with van der Waals surface area (Å²) in [6.07, 6.45) is 5.82. The van der Waals surface area contributed by atoms with Crippen LogP contribution in [0.5, 0.6) is 0 Å². The molecule has 132 valence electrons. The molecule has 3 amide bonds. The Labute approximate surface area is 148 Å². The summed E-state index contributed by atoms with van der Waals surface area (Å²) in [5.41, 5.74) is 5.95. The van der Waals surface area contributed by atoms with Gasteiger partial charge < -0.3 is 16.0 Å². The van der Waals surface area contributed by atoms with Gasteiger partial charge in [0.15, 0.2) is 0 Å². The molecule has 1 aliphatic heterocycles. The molecule has 24 heavy (non-hydrogen) atoms. The molecule has 5 nitrogen and oxygen atoms in total. The van der Waals surface area contributed by atoms with E-state index in [0.717, 1.165) is 42.4 Å². The zero-order chi connectivity index (χ0) is 17.4. The van der Waals surface area contributed by atoms with Crippen LogP contribution in [0.2, 0.25) is 0 Å². The van der Waals surface area contributed by atoms with Crippen molar-refractivity contribution in [2.45, 2.75) is 43.9 Å². The number of hydrogen-bond donors (Lipinski definition) is 2. The van der Waals surface area contributed by atoms with Gasteiger partial charge in [0.2, 0.25) is 5.91 Å². The number of nitrogens with one attached hydrogen (secondary N) is 1. The van der Waals surface area contributed by atoms with Gasteiger partial charge in [-0.3, -0.25) is 4.79 Å². The molecule has 1 saturated heterocycles. The third-order valence-corrected chi connectivity index (χ3v) is 5.43. The molecule has 0 radical (unpaired) electrons. The van der Waals surface area contributed by atoms with E-state index < -0.39 is 0 Å². The number of carbonyl (C=O) groups is 2. The number of rotatable bonds is 6. The van der Waals surface area contributed by atoms with E-state index in [2.05, 4.69) is 12.2 Å². The summed E-state index contributed by atoms with van der Waals surface area (Å²) in [6.45, 7) is 3.84. The van der Waals surface area contributed by atoms with Crippen molar-refractivity contribution in [3.05, 3.63) is 24.3 Å². The van der Waals surface area contributed by atoms with Crippen molar-refractivity contribution in [2.75, 3.05) is 24.2 Å². The van der Waals surface area contributed by atoms with Crippen LogP contribution in [0.1, 0.15) is 39.0 Å². The minimum atomic E-state index is -0.365. The number of likely N-dealkylation sites (tertiary alicyclic amines) is 1. The first kappa shape index (κ1) is 18.6. The lowest BCUT2D eigenvalue weighted by Gasteiger charge is -2.22. The van der Waals surface area contributed by atoms with Gasteiger partial charge in [0.25, 0.3) is 0 Å². The fourth-order valence-electron chi connectivity index (χ4n) is 3.10. The average Bonchev–Trinajstić information content (AvgIpc) is 2.80. The second-order valence-electron chi connectivity index (χ2n) is 6.25. The third kappa shape index (κ3) is 5.74. The van der Waals surface area contributed by atoms with Crippen LogP contribution in [0, 0.1) is 5.92 Å². The summed E-state index contributed by atoms with van der Waals surface area (Å²) in [5.74, 6) is 0.580. The fourth-order valence-corrected chi connectivity index (χ4v) is 3.85. The van der Waals surface area contributed by atoms with Crippen LogP contribution in [0.15, 0.2) is 29.2 Å². The highest BCUT2D eigenvalue weighted by molar-refractivity contribution is 8.00. The number of carbonyl (C=O) groups excluding carboxylic acids is 2. The number of primary amides is 1. The van der Waals surface area contributed by atoms with E-state index in [0.29, 0.717) is 0 Å². The lowest BCUT2D eigenvalue weighted by atomic mass is 9.96. The number of nitrogens with zero attached hydrogens (tertiary/aromatic N) is 1. The summed E-state index contributed by atoms with van der Waals surface area (Å²) in [7, 11) is 0. The van der Waals surface area contributed by atoms with Gasteiger partial charge >= 0.3 is 6.03 Å². The molecular weight excluding hydrogens is 322 g/mol. The van der Waals surface area contributed by atoms with E-state index in [1.54, 1.807) is 0 Å². The molecule has 6 heteroatoms. The number of benzene rings is 1. The average molecular weight is 350 g/mol. The van der Waals surface area contributed by atoms with Crippen molar-refractivity contribution >= 4 is 29.4 Å². The minimum Gasteiger partial charge on any atom is -0.369 e. The number of urea groups is 1. The van der Waals surface area contributed by atoms with Crippen molar-refractivity contribution in [1.29, 1.82) is 0 Å². The van der Waals surface area contributed by atoms with Crippen molar-refractivity contribution in [2.24, 2.45) is 11.7 Å². The Kier molecular flexibility index (Phi) is 7.43. The quantitative estimate of drug-likeness (QED) is 0.769. The zero-order valence-corrected chi connectivity index (χ0v) is 15.1. The minimum absolute atomic E-state index is 0.0562. The summed E-state index contributed by atoms with van der Waals surface area (Å²) < 4.78 is 0. The Balaban J connectivity index is 1.95. The second-order valence-corrected chi connectivity index (χ2v) is 7.27. The van der Waals surface area contributed by atoms with Crippen molar-refractivity contribution in [1.82, 2.24) is 4.90 Å². The monoisotopic (exact) mass is 349 g/mol. The van der Waals surface area contributed by atoms with Crippen LogP contribution < -0.4 is 11.1 Å². The molecule has 3 N–H and O–H groups in total. The van der Waals surface area contributed by atoms with Crippen LogP contribution >= 0.6 is 11.8 Å². The van der Waals surface area contributed by atoms with Gasteiger partial charge in [-0.2, -0.15) is 0 Å². The smallest absolute Gasteiger partial charge is 0.321 e. The molecular formula is C18H27N3O2S. The SMILES string of the molecule is CCC[C@H]1CCCN(C(=O)Nc2ccccc2SCC(N)=O)CC1. The number of thioether (sulfide) groups is 1. The Morgan fingerprint density at radius 1 is 1.29 bits per heavy atom. The van der Waals surface area contributed by atoms with Crippen molar-refractivity contribution in [3.63, 3.8) is 0 Å². The summed E-state index contributed by atoms with van der Waals surface area (Å²) in [4.78, 5) is 26.3. The van der Waals surface area contributed by atoms with Gasteiger partial charge in [-0.05, 0) is 37.3 Å². The normalized spacial score (nSPS) is 18.0. The van der Waals surface area contributed by atoms with E-state index in [1.165, 1.54) is 31.0 Å². The summed E-state index contributed by atoms with van der Waals surface area (Å²) in [5, 5.41) is 2.99. The van der Waals surface area contributed by atoms with Crippen LogP contribution in [0.3, 0.4) is 0 Å². The number of amides is 3. The van der Waals surface area contributed by atoms with Crippen LogP contribution in [-0.2, 0) is 4.79 Å². The first-order chi connectivity index (χ1) is 11.6. The lowest BCUT2D eigenvalue weighted by molar-refractivity contribution is -0.115. The van der Waals surface area contributed by atoms with Gasteiger partial charge in [0.05, 0.1) is 11.4 Å². The molecule has 0 aliphatic carbocycles. The van der Waals surface area contributed by atoms with Crippen LogP contribution in [0.25, 0.3) is 0 Å². The molecule has 1 atom stereocenters. The molecule has 1 aromatic carbocycles. The zero-order valence-electron chi connectivity index (χ0n) is 14.3. The topological polar surface area (TPSA) is 75.4 Å².